The van der Waals surface area contributed by atoms with Gasteiger partial charge in [0.05, 0.1) is 17.5 Å². The second-order valence-corrected chi connectivity index (χ2v) is 9.69. The first-order chi connectivity index (χ1) is 13.4. The quantitative estimate of drug-likeness (QED) is 0.732. The Bertz CT molecular complexity index is 892. The van der Waals surface area contributed by atoms with Gasteiger partial charge in [-0.05, 0) is 18.6 Å². The molecule has 1 aromatic rings. The molecule has 1 aromatic carbocycles. The van der Waals surface area contributed by atoms with E-state index in [-0.39, 0.29) is 29.7 Å². The van der Waals surface area contributed by atoms with Crippen molar-refractivity contribution in [3.63, 3.8) is 0 Å². The molecule has 4 rings (SSSR count). The van der Waals surface area contributed by atoms with Gasteiger partial charge in [0.15, 0.2) is 9.84 Å². The molecule has 28 heavy (non-hydrogen) atoms. The fraction of sp³-hybridized carbons (Fsp3) is 0.526. The topological polar surface area (TPSA) is 90.4 Å². The van der Waals surface area contributed by atoms with E-state index < -0.39 is 15.9 Å². The van der Waals surface area contributed by atoms with Crippen LogP contribution in [0.2, 0.25) is 0 Å². The third-order valence-electron chi connectivity index (χ3n) is 5.55. The smallest absolute Gasteiger partial charge is 0.270 e. The zero-order valence-electron chi connectivity index (χ0n) is 15.7. The molecule has 0 spiro atoms. The first-order valence-corrected chi connectivity index (χ1v) is 11.4. The number of carbonyl (C=O) groups excluding carboxylic acids is 2. The molecule has 3 aliphatic heterocycles. The van der Waals surface area contributed by atoms with E-state index >= 15 is 0 Å². The van der Waals surface area contributed by atoms with Gasteiger partial charge in [0.1, 0.15) is 5.71 Å². The number of rotatable bonds is 3. The van der Waals surface area contributed by atoms with Gasteiger partial charge in [0.2, 0.25) is 5.91 Å². The minimum Gasteiger partial charge on any atom is -0.368 e. The summed E-state index contributed by atoms with van der Waals surface area (Å²) in [6.45, 7) is 2.68. The molecule has 3 heterocycles. The molecule has 0 radical (unpaired) electrons. The van der Waals surface area contributed by atoms with E-state index in [1.54, 1.807) is 4.90 Å². The van der Waals surface area contributed by atoms with Crippen LogP contribution in [0.15, 0.2) is 35.4 Å². The number of nitrogens with zero attached hydrogens (tertiary/aromatic N) is 4. The first kappa shape index (κ1) is 18.9. The summed E-state index contributed by atoms with van der Waals surface area (Å²) in [5, 5.41) is 5.55. The number of benzene rings is 1. The van der Waals surface area contributed by atoms with Crippen LogP contribution < -0.4 is 4.90 Å². The normalized spacial score (nSPS) is 25.0. The predicted octanol–water partition coefficient (Wildman–Crippen LogP) is 0.501. The summed E-state index contributed by atoms with van der Waals surface area (Å²) >= 11 is 0. The Morgan fingerprint density at radius 2 is 1.75 bits per heavy atom. The molecular formula is C19H24N4O4S. The Morgan fingerprint density at radius 1 is 1.04 bits per heavy atom. The number of sulfone groups is 1. The second kappa shape index (κ2) is 7.54. The largest absolute Gasteiger partial charge is 0.368 e. The number of hydrazone groups is 1. The van der Waals surface area contributed by atoms with Crippen molar-refractivity contribution in [2.45, 2.75) is 25.3 Å². The van der Waals surface area contributed by atoms with Crippen molar-refractivity contribution < 1.29 is 18.0 Å². The van der Waals surface area contributed by atoms with Crippen molar-refractivity contribution in [2.75, 3.05) is 42.6 Å². The van der Waals surface area contributed by atoms with E-state index in [4.69, 9.17) is 0 Å². The van der Waals surface area contributed by atoms with Gasteiger partial charge in [-0.1, -0.05) is 18.2 Å². The molecule has 3 aliphatic rings. The van der Waals surface area contributed by atoms with E-state index in [9.17, 15) is 18.0 Å². The summed E-state index contributed by atoms with van der Waals surface area (Å²) in [6.07, 6.45) is 0.895. The standard InChI is InChI=1S/C19H24N4O4S/c24-18-7-6-17(20-23(18)16-8-13-28(26,27)14-16)19(25)22-11-9-21(10-12-22)15-4-2-1-3-5-15/h1-5,16H,6-14H2. The zero-order chi connectivity index (χ0) is 19.7. The lowest BCUT2D eigenvalue weighted by Crippen LogP contribution is -2.52. The molecule has 150 valence electrons. The van der Waals surface area contributed by atoms with Gasteiger partial charge >= 0.3 is 0 Å². The third kappa shape index (κ3) is 3.89. The fourth-order valence-corrected chi connectivity index (χ4v) is 5.66. The van der Waals surface area contributed by atoms with Crippen molar-refractivity contribution in [2.24, 2.45) is 5.10 Å². The molecule has 2 amide bonds. The van der Waals surface area contributed by atoms with Crippen molar-refractivity contribution in [3.8, 4) is 0 Å². The Kier molecular flexibility index (Phi) is 5.09. The van der Waals surface area contributed by atoms with E-state index in [0.29, 0.717) is 31.6 Å². The van der Waals surface area contributed by atoms with Crippen molar-refractivity contribution in [3.05, 3.63) is 30.3 Å². The van der Waals surface area contributed by atoms with E-state index in [0.717, 1.165) is 18.8 Å². The molecule has 0 aliphatic carbocycles. The molecule has 1 unspecified atom stereocenters. The molecular weight excluding hydrogens is 380 g/mol. The van der Waals surface area contributed by atoms with Crippen LogP contribution in [0.5, 0.6) is 0 Å². The van der Waals surface area contributed by atoms with Gasteiger partial charge in [-0.15, -0.1) is 0 Å². The molecule has 2 fully saturated rings. The van der Waals surface area contributed by atoms with Crippen LogP contribution in [0.4, 0.5) is 5.69 Å². The molecule has 8 nitrogen and oxygen atoms in total. The van der Waals surface area contributed by atoms with Crippen LogP contribution in [0.3, 0.4) is 0 Å². The number of piperazine rings is 1. The monoisotopic (exact) mass is 404 g/mol. The lowest BCUT2D eigenvalue weighted by atomic mass is 10.1. The molecule has 0 saturated carbocycles. The second-order valence-electron chi connectivity index (χ2n) is 7.46. The van der Waals surface area contributed by atoms with E-state index in [1.807, 2.05) is 18.2 Å². The molecule has 9 heteroatoms. The maximum Gasteiger partial charge on any atom is 0.270 e. The third-order valence-corrected chi connectivity index (χ3v) is 7.30. The Hall–Kier alpha value is -2.42. The van der Waals surface area contributed by atoms with Gasteiger partial charge in [0, 0.05) is 44.7 Å². The average Bonchev–Trinajstić information content (AvgIpc) is 3.08. The average molecular weight is 404 g/mol. The Morgan fingerprint density at radius 3 is 2.39 bits per heavy atom. The minimum atomic E-state index is -3.12. The summed E-state index contributed by atoms with van der Waals surface area (Å²) < 4.78 is 23.5. The number of amides is 2. The van der Waals surface area contributed by atoms with Gasteiger partial charge in [-0.25, -0.2) is 13.4 Å². The summed E-state index contributed by atoms with van der Waals surface area (Å²) in [4.78, 5) is 29.2. The highest BCUT2D eigenvalue weighted by Gasteiger charge is 2.38. The van der Waals surface area contributed by atoms with Gasteiger partial charge in [-0.3, -0.25) is 9.59 Å². The first-order valence-electron chi connectivity index (χ1n) is 9.62. The van der Waals surface area contributed by atoms with Crippen molar-refractivity contribution >= 4 is 33.1 Å². The summed E-state index contributed by atoms with van der Waals surface area (Å²) in [5.74, 6) is -0.347. The zero-order valence-corrected chi connectivity index (χ0v) is 16.5. The Labute approximate surface area is 164 Å². The highest BCUT2D eigenvalue weighted by atomic mass is 32.2. The van der Waals surface area contributed by atoms with Crippen LogP contribution in [-0.2, 0) is 19.4 Å². The van der Waals surface area contributed by atoms with E-state index in [2.05, 4.69) is 22.1 Å². The molecule has 2 saturated heterocycles. The highest BCUT2D eigenvalue weighted by molar-refractivity contribution is 7.91. The molecule has 0 N–H and O–H groups in total. The lowest BCUT2D eigenvalue weighted by Gasteiger charge is -2.37. The predicted molar refractivity (Wildman–Crippen MR) is 106 cm³/mol. The minimum absolute atomic E-state index is 0.0700. The number of anilines is 1. The number of para-hydroxylation sites is 1. The fourth-order valence-electron chi connectivity index (χ4n) is 3.97. The van der Waals surface area contributed by atoms with Gasteiger partial charge < -0.3 is 9.80 Å². The van der Waals surface area contributed by atoms with Crippen LogP contribution >= 0.6 is 0 Å². The van der Waals surface area contributed by atoms with Crippen LogP contribution in [-0.4, -0.2) is 79.6 Å². The van der Waals surface area contributed by atoms with Crippen molar-refractivity contribution in [1.29, 1.82) is 0 Å². The summed E-state index contributed by atoms with van der Waals surface area (Å²) in [5.41, 5.74) is 1.50. The maximum absolute atomic E-state index is 12.9. The highest BCUT2D eigenvalue weighted by Crippen LogP contribution is 2.23. The Balaban J connectivity index is 1.42. The van der Waals surface area contributed by atoms with E-state index in [1.165, 1.54) is 5.01 Å². The summed E-state index contributed by atoms with van der Waals surface area (Å²) in [7, 11) is -3.12. The lowest BCUT2D eigenvalue weighted by molar-refractivity contribution is -0.134. The number of carbonyl (C=O) groups is 2. The molecule has 0 bridgehead atoms. The summed E-state index contributed by atoms with van der Waals surface area (Å²) in [6, 6.07) is 9.64. The molecule has 1 atom stereocenters. The van der Waals surface area contributed by atoms with Crippen LogP contribution in [0.25, 0.3) is 0 Å². The van der Waals surface area contributed by atoms with Gasteiger partial charge in [0.25, 0.3) is 5.91 Å². The van der Waals surface area contributed by atoms with Crippen LogP contribution in [0, 0.1) is 0 Å². The SMILES string of the molecule is O=C(C1=NN(C2CCS(=O)(=O)C2)C(=O)CC1)N1CCN(c2ccccc2)CC1. The molecule has 0 aromatic heterocycles. The number of hydrogen-bond acceptors (Lipinski definition) is 6. The van der Waals surface area contributed by atoms with Crippen LogP contribution in [0.1, 0.15) is 19.3 Å². The maximum atomic E-state index is 12.9. The van der Waals surface area contributed by atoms with Crippen molar-refractivity contribution in [1.82, 2.24) is 9.91 Å². The van der Waals surface area contributed by atoms with Gasteiger partial charge in [-0.2, -0.15) is 5.10 Å². The number of hydrogen-bond donors (Lipinski definition) is 0.